The van der Waals surface area contributed by atoms with Crippen LogP contribution >= 0.6 is 0 Å². The fourth-order valence-corrected chi connectivity index (χ4v) is 2.33. The van der Waals surface area contributed by atoms with E-state index < -0.39 is 0 Å². The standard InChI is InChI=1S/C11H19N5O/c1-4-12-9-5-6-16(11(9)17)8(2)10-14-13-7-15(10)3/h7-9,12H,4-6H2,1-3H3. The Morgan fingerprint density at radius 1 is 1.65 bits per heavy atom. The van der Waals surface area contributed by atoms with Crippen LogP contribution in [0.25, 0.3) is 0 Å². The van der Waals surface area contributed by atoms with Crippen molar-refractivity contribution in [3.05, 3.63) is 12.2 Å². The summed E-state index contributed by atoms with van der Waals surface area (Å²) in [5, 5.41) is 11.1. The Labute approximate surface area is 101 Å². The van der Waals surface area contributed by atoms with Crippen LogP contribution in [0, 0.1) is 0 Å². The van der Waals surface area contributed by atoms with E-state index in [4.69, 9.17) is 0 Å². The molecule has 0 bridgehead atoms. The Kier molecular flexibility index (Phi) is 3.42. The van der Waals surface area contributed by atoms with Gasteiger partial charge in [-0.1, -0.05) is 6.92 Å². The minimum atomic E-state index is -0.0318. The molecule has 2 rings (SSSR count). The van der Waals surface area contributed by atoms with E-state index in [9.17, 15) is 4.79 Å². The molecule has 1 aliphatic heterocycles. The van der Waals surface area contributed by atoms with E-state index in [0.717, 1.165) is 25.3 Å². The summed E-state index contributed by atoms with van der Waals surface area (Å²) in [6.07, 6.45) is 2.53. The predicted molar refractivity (Wildman–Crippen MR) is 63.2 cm³/mol. The molecule has 2 unspecified atom stereocenters. The number of amides is 1. The van der Waals surface area contributed by atoms with E-state index in [-0.39, 0.29) is 18.0 Å². The van der Waals surface area contributed by atoms with Crippen LogP contribution in [0.5, 0.6) is 0 Å². The number of likely N-dealkylation sites (N-methyl/N-ethyl adjacent to an activating group) is 1. The number of hydrogen-bond donors (Lipinski definition) is 1. The highest BCUT2D eigenvalue weighted by Crippen LogP contribution is 2.23. The van der Waals surface area contributed by atoms with Gasteiger partial charge in [0.15, 0.2) is 5.82 Å². The molecule has 0 radical (unpaired) electrons. The molecule has 6 heteroatoms. The molecule has 1 fully saturated rings. The van der Waals surface area contributed by atoms with E-state index in [1.54, 1.807) is 6.33 Å². The van der Waals surface area contributed by atoms with Crippen LogP contribution < -0.4 is 5.32 Å². The number of nitrogens with one attached hydrogen (secondary N) is 1. The van der Waals surface area contributed by atoms with Gasteiger partial charge in [-0.05, 0) is 19.9 Å². The summed E-state index contributed by atoms with van der Waals surface area (Å²) in [5.41, 5.74) is 0. The summed E-state index contributed by atoms with van der Waals surface area (Å²) in [4.78, 5) is 14.0. The largest absolute Gasteiger partial charge is 0.331 e. The number of aryl methyl sites for hydroxylation is 1. The number of carbonyl (C=O) groups is 1. The summed E-state index contributed by atoms with van der Waals surface area (Å²) in [6.45, 7) is 5.62. The Hall–Kier alpha value is -1.43. The average Bonchev–Trinajstić information content (AvgIpc) is 2.87. The van der Waals surface area contributed by atoms with Crippen LogP contribution in [0.2, 0.25) is 0 Å². The minimum absolute atomic E-state index is 0.0151. The third kappa shape index (κ3) is 2.17. The number of rotatable bonds is 4. The fourth-order valence-electron chi connectivity index (χ4n) is 2.33. The average molecular weight is 237 g/mol. The molecule has 0 saturated carbocycles. The monoisotopic (exact) mass is 237 g/mol. The van der Waals surface area contributed by atoms with Gasteiger partial charge in [0, 0.05) is 13.6 Å². The van der Waals surface area contributed by atoms with Crippen molar-refractivity contribution in [2.45, 2.75) is 32.4 Å². The van der Waals surface area contributed by atoms with Gasteiger partial charge in [0.1, 0.15) is 6.33 Å². The lowest BCUT2D eigenvalue weighted by Crippen LogP contribution is -2.39. The number of nitrogens with zero attached hydrogens (tertiary/aromatic N) is 4. The first kappa shape index (κ1) is 12.0. The van der Waals surface area contributed by atoms with Gasteiger partial charge in [-0.3, -0.25) is 4.79 Å². The van der Waals surface area contributed by atoms with Crippen molar-refractivity contribution in [3.63, 3.8) is 0 Å². The number of hydrogen-bond acceptors (Lipinski definition) is 4. The number of carbonyl (C=O) groups excluding carboxylic acids is 1. The second-order valence-corrected chi connectivity index (χ2v) is 4.41. The Morgan fingerprint density at radius 3 is 3.00 bits per heavy atom. The summed E-state index contributed by atoms with van der Waals surface area (Å²) in [7, 11) is 1.90. The molecule has 2 heterocycles. The molecule has 1 aliphatic rings. The van der Waals surface area contributed by atoms with Crippen molar-refractivity contribution >= 4 is 5.91 Å². The molecular weight excluding hydrogens is 218 g/mol. The van der Waals surface area contributed by atoms with Crippen LogP contribution in [0.4, 0.5) is 0 Å². The third-order valence-electron chi connectivity index (χ3n) is 3.28. The number of likely N-dealkylation sites (tertiary alicyclic amines) is 1. The van der Waals surface area contributed by atoms with Gasteiger partial charge in [-0.15, -0.1) is 10.2 Å². The molecule has 1 saturated heterocycles. The summed E-state index contributed by atoms with van der Waals surface area (Å²) >= 11 is 0. The van der Waals surface area contributed by atoms with E-state index in [1.165, 1.54) is 0 Å². The maximum absolute atomic E-state index is 12.1. The normalized spacial score (nSPS) is 22.2. The van der Waals surface area contributed by atoms with Crippen molar-refractivity contribution in [1.29, 1.82) is 0 Å². The quantitative estimate of drug-likeness (QED) is 0.806. The molecule has 17 heavy (non-hydrogen) atoms. The van der Waals surface area contributed by atoms with Gasteiger partial charge in [-0.2, -0.15) is 0 Å². The van der Waals surface area contributed by atoms with Crippen molar-refractivity contribution < 1.29 is 4.79 Å². The molecule has 1 amide bonds. The first-order valence-corrected chi connectivity index (χ1v) is 6.03. The second-order valence-electron chi connectivity index (χ2n) is 4.41. The molecule has 1 N–H and O–H groups in total. The second kappa shape index (κ2) is 4.83. The molecule has 1 aromatic heterocycles. The van der Waals surface area contributed by atoms with Gasteiger partial charge in [0.05, 0.1) is 12.1 Å². The van der Waals surface area contributed by atoms with Crippen molar-refractivity contribution in [1.82, 2.24) is 25.0 Å². The fraction of sp³-hybridized carbons (Fsp3) is 0.727. The summed E-state index contributed by atoms with van der Waals surface area (Å²) in [5.74, 6) is 0.998. The highest BCUT2D eigenvalue weighted by molar-refractivity contribution is 5.84. The molecule has 0 aliphatic carbocycles. The van der Waals surface area contributed by atoms with Crippen LogP contribution in [0.15, 0.2) is 6.33 Å². The maximum atomic E-state index is 12.1. The van der Waals surface area contributed by atoms with Crippen LogP contribution in [-0.2, 0) is 11.8 Å². The van der Waals surface area contributed by atoms with Crippen molar-refractivity contribution in [2.75, 3.05) is 13.1 Å². The first-order chi connectivity index (χ1) is 8.15. The van der Waals surface area contributed by atoms with Crippen LogP contribution in [0.3, 0.4) is 0 Å². The number of aromatic nitrogens is 3. The smallest absolute Gasteiger partial charge is 0.240 e. The molecule has 0 aromatic carbocycles. The summed E-state index contributed by atoms with van der Waals surface area (Å²) < 4.78 is 1.86. The minimum Gasteiger partial charge on any atom is -0.331 e. The van der Waals surface area contributed by atoms with E-state index >= 15 is 0 Å². The molecule has 1 aromatic rings. The topological polar surface area (TPSA) is 63.0 Å². The molecule has 2 atom stereocenters. The maximum Gasteiger partial charge on any atom is 0.240 e. The Morgan fingerprint density at radius 2 is 2.41 bits per heavy atom. The van der Waals surface area contributed by atoms with Gasteiger partial charge < -0.3 is 14.8 Å². The lowest BCUT2D eigenvalue weighted by atomic mass is 10.2. The Balaban J connectivity index is 2.09. The summed E-state index contributed by atoms with van der Waals surface area (Å²) in [6, 6.07) is -0.0469. The Bertz CT molecular complexity index is 402. The molecule has 94 valence electrons. The molecular formula is C11H19N5O. The lowest BCUT2D eigenvalue weighted by molar-refractivity contribution is -0.131. The zero-order valence-electron chi connectivity index (χ0n) is 10.6. The highest BCUT2D eigenvalue weighted by Gasteiger charge is 2.35. The predicted octanol–water partition coefficient (Wildman–Crippen LogP) is 0.0865. The van der Waals surface area contributed by atoms with Crippen molar-refractivity contribution in [2.24, 2.45) is 7.05 Å². The van der Waals surface area contributed by atoms with Gasteiger partial charge in [0.25, 0.3) is 0 Å². The van der Waals surface area contributed by atoms with Gasteiger partial charge in [-0.25, -0.2) is 0 Å². The third-order valence-corrected chi connectivity index (χ3v) is 3.28. The molecule has 0 spiro atoms. The van der Waals surface area contributed by atoms with Gasteiger partial charge in [0.2, 0.25) is 5.91 Å². The highest BCUT2D eigenvalue weighted by atomic mass is 16.2. The zero-order valence-corrected chi connectivity index (χ0v) is 10.6. The zero-order chi connectivity index (χ0) is 12.4. The van der Waals surface area contributed by atoms with E-state index in [2.05, 4.69) is 15.5 Å². The van der Waals surface area contributed by atoms with E-state index in [1.807, 2.05) is 30.4 Å². The SMILES string of the molecule is CCNC1CCN(C(C)c2nncn2C)C1=O. The van der Waals surface area contributed by atoms with Crippen LogP contribution in [-0.4, -0.2) is 44.7 Å². The molecule has 6 nitrogen and oxygen atoms in total. The van der Waals surface area contributed by atoms with Gasteiger partial charge >= 0.3 is 0 Å². The van der Waals surface area contributed by atoms with Crippen molar-refractivity contribution in [3.8, 4) is 0 Å². The van der Waals surface area contributed by atoms with Crippen LogP contribution in [0.1, 0.15) is 32.1 Å². The first-order valence-electron chi connectivity index (χ1n) is 6.03. The van der Waals surface area contributed by atoms with E-state index in [0.29, 0.717) is 0 Å². The lowest BCUT2D eigenvalue weighted by Gasteiger charge is -2.23.